The molecule has 1 atom stereocenters. The Morgan fingerprint density at radius 2 is 1.16 bits per heavy atom. The third-order valence-electron chi connectivity index (χ3n) is 11.4. The van der Waals surface area contributed by atoms with Gasteiger partial charge in [-0.1, -0.05) is 78.5 Å². The van der Waals surface area contributed by atoms with Gasteiger partial charge in [0.05, 0.1) is 50.2 Å². The van der Waals surface area contributed by atoms with Crippen LogP contribution in [0.25, 0.3) is 45.2 Å². The van der Waals surface area contributed by atoms with E-state index >= 15 is 0 Å². The van der Waals surface area contributed by atoms with Gasteiger partial charge in [0.1, 0.15) is 11.5 Å². The van der Waals surface area contributed by atoms with E-state index in [0.29, 0.717) is 0 Å². The third kappa shape index (κ3) is 4.79. The Balaban J connectivity index is 1.09. The van der Waals surface area contributed by atoms with Crippen molar-refractivity contribution in [2.75, 3.05) is 4.90 Å². The first-order valence-electron chi connectivity index (χ1n) is 19.1. The lowest BCUT2D eigenvalue weighted by Gasteiger charge is -2.41. The zero-order chi connectivity index (χ0) is 38.2. The number of anilines is 3. The topological polar surface area (TPSA) is 76.9 Å². The first-order chi connectivity index (χ1) is 28.8. The summed E-state index contributed by atoms with van der Waals surface area (Å²) in [5, 5.41) is 0. The third-order valence-corrected chi connectivity index (χ3v) is 12.5. The molecule has 0 bridgehead atoms. The van der Waals surface area contributed by atoms with E-state index in [1.165, 1.54) is 4.90 Å². The molecule has 0 saturated heterocycles. The van der Waals surface area contributed by atoms with Crippen molar-refractivity contribution < 1.29 is 4.74 Å². The van der Waals surface area contributed by atoms with Crippen LogP contribution in [0.5, 0.6) is 11.5 Å². The molecule has 2 aliphatic heterocycles. The number of nitrogens with zero attached hydrogens (tertiary/aromatic N) is 6. The molecule has 58 heavy (non-hydrogen) atoms. The zero-order valence-corrected chi connectivity index (χ0v) is 31.6. The fourth-order valence-corrected chi connectivity index (χ4v) is 10.1. The Morgan fingerprint density at radius 1 is 0.483 bits per heavy atom. The molecule has 5 aromatic heterocycles. The zero-order valence-electron chi connectivity index (χ0n) is 30.8. The van der Waals surface area contributed by atoms with Crippen molar-refractivity contribution in [1.82, 2.24) is 24.9 Å². The Kier molecular flexibility index (Phi) is 7.24. The van der Waals surface area contributed by atoms with Gasteiger partial charge in [0.25, 0.3) is 0 Å². The van der Waals surface area contributed by atoms with Crippen molar-refractivity contribution in [3.05, 3.63) is 205 Å². The summed E-state index contributed by atoms with van der Waals surface area (Å²) in [4.78, 5) is 28.8. The van der Waals surface area contributed by atoms with E-state index < -0.39 is 5.41 Å². The molecular formula is C50H30N6OS. The van der Waals surface area contributed by atoms with Gasteiger partial charge in [-0.3, -0.25) is 15.0 Å². The molecule has 9 aromatic rings. The number of aromatic nitrogens is 5. The summed E-state index contributed by atoms with van der Waals surface area (Å²) in [5.74, 6) is 1.67. The molecule has 4 aromatic carbocycles. The molecule has 0 amide bonds. The lowest BCUT2D eigenvalue weighted by atomic mass is 9.66. The molecule has 12 rings (SSSR count). The first kappa shape index (κ1) is 32.8. The first-order valence-corrected chi connectivity index (χ1v) is 19.9. The van der Waals surface area contributed by atoms with E-state index in [9.17, 15) is 0 Å². The highest BCUT2D eigenvalue weighted by Gasteiger charge is 2.53. The Labute approximate surface area is 338 Å². The summed E-state index contributed by atoms with van der Waals surface area (Å²) >= 11 is 1.76. The monoisotopic (exact) mass is 762 g/mol. The van der Waals surface area contributed by atoms with Crippen LogP contribution >= 0.6 is 11.8 Å². The second-order valence-electron chi connectivity index (χ2n) is 14.5. The Morgan fingerprint density at radius 3 is 1.95 bits per heavy atom. The summed E-state index contributed by atoms with van der Waals surface area (Å²) < 4.78 is 7.09. The standard InChI is InChI=1S/C50H30N6OS/c1-2-9-34(10-3-1)56-42-13-5-7-15-45(42)58-49-43(56)19-17-38-48(49)57-44-14-6-4-11-35(44)50(38)36-12-8-24-53-46(36)47-37(50)16-18-39(55-47)33-29-40(31-20-25-51-26-21-31)54-41(30-33)32-22-27-52-28-23-32/h1-30H. The SMILES string of the molecule is c1ccc(N2c3ccccc3Sc3c2ccc2c3Oc3ccccc3C23c2cccnc2-c2nc(-c4cc(-c5ccncc5)nc(-c5ccncc5)c4)ccc23)cc1. The highest BCUT2D eigenvalue weighted by molar-refractivity contribution is 7.99. The molecule has 0 N–H and O–H groups in total. The highest BCUT2D eigenvalue weighted by atomic mass is 32.2. The van der Waals surface area contributed by atoms with Crippen LogP contribution in [0.15, 0.2) is 192 Å². The van der Waals surface area contributed by atoms with Crippen LogP contribution in [-0.2, 0) is 5.41 Å². The van der Waals surface area contributed by atoms with Crippen LogP contribution in [0.1, 0.15) is 22.3 Å². The predicted molar refractivity (Wildman–Crippen MR) is 228 cm³/mol. The summed E-state index contributed by atoms with van der Waals surface area (Å²) in [6.07, 6.45) is 9.05. The maximum atomic E-state index is 7.09. The molecule has 7 heterocycles. The molecule has 1 spiro atoms. The number of pyridine rings is 5. The van der Waals surface area contributed by atoms with Crippen molar-refractivity contribution in [3.63, 3.8) is 0 Å². The predicted octanol–water partition coefficient (Wildman–Crippen LogP) is 12.1. The van der Waals surface area contributed by atoms with E-state index in [-0.39, 0.29) is 0 Å². The largest absolute Gasteiger partial charge is 0.455 e. The number of hydrogen-bond acceptors (Lipinski definition) is 8. The quantitative estimate of drug-likeness (QED) is 0.175. The maximum absolute atomic E-state index is 7.09. The van der Waals surface area contributed by atoms with Crippen LogP contribution in [-0.4, -0.2) is 24.9 Å². The second kappa shape index (κ2) is 12.8. The van der Waals surface area contributed by atoms with Crippen molar-refractivity contribution in [1.29, 1.82) is 0 Å². The molecule has 8 heteroatoms. The summed E-state index contributed by atoms with van der Waals surface area (Å²) in [5.41, 5.74) is 14.0. The smallest absolute Gasteiger partial charge is 0.148 e. The fraction of sp³-hybridized carbons (Fsp3) is 0.0200. The molecule has 0 saturated carbocycles. The minimum atomic E-state index is -0.735. The summed E-state index contributed by atoms with van der Waals surface area (Å²) in [7, 11) is 0. The lowest BCUT2D eigenvalue weighted by Crippen LogP contribution is -2.33. The van der Waals surface area contributed by atoms with Gasteiger partial charge in [-0.25, -0.2) is 9.97 Å². The average Bonchev–Trinajstić information content (AvgIpc) is 3.59. The van der Waals surface area contributed by atoms with Crippen molar-refractivity contribution in [2.24, 2.45) is 0 Å². The Hall–Kier alpha value is -7.42. The highest BCUT2D eigenvalue weighted by Crippen LogP contribution is 2.65. The molecular weight excluding hydrogens is 733 g/mol. The minimum absolute atomic E-state index is 0.735. The van der Waals surface area contributed by atoms with E-state index in [1.807, 2.05) is 36.5 Å². The molecule has 272 valence electrons. The van der Waals surface area contributed by atoms with Crippen LogP contribution < -0.4 is 9.64 Å². The average molecular weight is 763 g/mol. The molecule has 0 fully saturated rings. The minimum Gasteiger partial charge on any atom is -0.455 e. The van der Waals surface area contributed by atoms with Gasteiger partial charge in [0.15, 0.2) is 0 Å². The van der Waals surface area contributed by atoms with Gasteiger partial charge >= 0.3 is 0 Å². The molecule has 3 aliphatic rings. The number of fused-ring (bicyclic) bond motifs is 12. The normalized spacial score (nSPS) is 15.3. The van der Waals surface area contributed by atoms with Crippen LogP contribution in [0, 0.1) is 0 Å². The van der Waals surface area contributed by atoms with E-state index in [1.54, 1.807) is 36.5 Å². The van der Waals surface area contributed by atoms with Crippen molar-refractivity contribution in [2.45, 2.75) is 15.2 Å². The van der Waals surface area contributed by atoms with E-state index in [2.05, 4.69) is 136 Å². The van der Waals surface area contributed by atoms with Gasteiger partial charge < -0.3 is 9.64 Å². The van der Waals surface area contributed by atoms with Crippen LogP contribution in [0.4, 0.5) is 17.1 Å². The lowest BCUT2D eigenvalue weighted by molar-refractivity contribution is 0.426. The number of benzene rings is 4. The van der Waals surface area contributed by atoms with Gasteiger partial charge in [-0.05, 0) is 96.1 Å². The number of hydrogen-bond donors (Lipinski definition) is 0. The Bertz CT molecular complexity index is 3030. The molecule has 7 nitrogen and oxygen atoms in total. The van der Waals surface area contributed by atoms with E-state index in [4.69, 9.17) is 19.7 Å². The van der Waals surface area contributed by atoms with Gasteiger partial charge in [-0.15, -0.1) is 0 Å². The van der Waals surface area contributed by atoms with Gasteiger partial charge in [0, 0.05) is 69.4 Å². The number of para-hydroxylation sites is 3. The van der Waals surface area contributed by atoms with Crippen molar-refractivity contribution >= 4 is 28.8 Å². The number of rotatable bonds is 4. The number of ether oxygens (including phenoxy) is 1. The van der Waals surface area contributed by atoms with Crippen molar-refractivity contribution in [3.8, 4) is 56.7 Å². The molecule has 1 aliphatic carbocycles. The molecule has 0 radical (unpaired) electrons. The second-order valence-corrected chi connectivity index (χ2v) is 15.5. The fourth-order valence-electron chi connectivity index (χ4n) is 8.91. The van der Waals surface area contributed by atoms with Crippen LogP contribution in [0.3, 0.4) is 0 Å². The summed E-state index contributed by atoms with van der Waals surface area (Å²) in [6.45, 7) is 0. The maximum Gasteiger partial charge on any atom is 0.148 e. The summed E-state index contributed by atoms with van der Waals surface area (Å²) in [6, 6.07) is 52.9. The van der Waals surface area contributed by atoms with E-state index in [0.717, 1.165) is 101 Å². The van der Waals surface area contributed by atoms with Crippen LogP contribution in [0.2, 0.25) is 0 Å². The molecule has 1 unspecified atom stereocenters. The van der Waals surface area contributed by atoms with Gasteiger partial charge in [0.2, 0.25) is 0 Å². The van der Waals surface area contributed by atoms with Gasteiger partial charge in [-0.2, -0.15) is 0 Å².